The topological polar surface area (TPSA) is 89.3 Å². The molecule has 106 valence electrons. The van der Waals surface area contributed by atoms with Gasteiger partial charge in [0.2, 0.25) is 10.0 Å². The molecule has 0 aliphatic carbocycles. The molecule has 5 nitrogen and oxygen atoms in total. The lowest BCUT2D eigenvalue weighted by atomic mass is 10.3. The van der Waals surface area contributed by atoms with Crippen LogP contribution in [0.15, 0.2) is 34.5 Å². The van der Waals surface area contributed by atoms with Crippen LogP contribution in [0.2, 0.25) is 5.02 Å². The van der Waals surface area contributed by atoms with Gasteiger partial charge in [0.05, 0.1) is 10.7 Å². The first kappa shape index (κ1) is 14.9. The number of primary sulfonamides is 1. The Bertz CT molecular complexity index is 774. The average Bonchev–Trinajstić information content (AvgIpc) is 2.73. The molecule has 1 amide bonds. The van der Waals surface area contributed by atoms with Crippen molar-refractivity contribution in [1.29, 1.82) is 0 Å². The van der Waals surface area contributed by atoms with Crippen molar-refractivity contribution in [3.8, 4) is 0 Å². The standard InChI is InChI=1S/C11H8ClFN2O3S2/c12-7-3-4-19-10(7)11(16)15-8-5-6(13)1-2-9(8)20(14,17)18/h1-5H,(H,15,16)(H2,14,17,18). The van der Waals surface area contributed by atoms with E-state index < -0.39 is 21.7 Å². The number of thiophene rings is 1. The molecule has 0 fully saturated rings. The third-order valence-electron chi connectivity index (χ3n) is 2.32. The number of hydrogen-bond acceptors (Lipinski definition) is 4. The van der Waals surface area contributed by atoms with Gasteiger partial charge in [-0.1, -0.05) is 11.6 Å². The Kier molecular flexibility index (Phi) is 4.09. The van der Waals surface area contributed by atoms with Gasteiger partial charge in [0.1, 0.15) is 15.6 Å². The van der Waals surface area contributed by atoms with Crippen molar-refractivity contribution in [2.75, 3.05) is 5.32 Å². The first-order valence-electron chi connectivity index (χ1n) is 5.16. The van der Waals surface area contributed by atoms with E-state index in [2.05, 4.69) is 5.32 Å². The summed E-state index contributed by atoms with van der Waals surface area (Å²) in [6, 6.07) is 4.32. The zero-order valence-electron chi connectivity index (χ0n) is 9.76. The van der Waals surface area contributed by atoms with Gasteiger partial charge in [-0.2, -0.15) is 0 Å². The largest absolute Gasteiger partial charge is 0.320 e. The van der Waals surface area contributed by atoms with Crippen LogP contribution >= 0.6 is 22.9 Å². The summed E-state index contributed by atoms with van der Waals surface area (Å²) in [4.78, 5) is 11.8. The molecule has 0 spiro atoms. The Labute approximate surface area is 123 Å². The molecule has 20 heavy (non-hydrogen) atoms. The lowest BCUT2D eigenvalue weighted by Gasteiger charge is -2.09. The quantitative estimate of drug-likeness (QED) is 0.903. The predicted molar refractivity (Wildman–Crippen MR) is 75.1 cm³/mol. The average molecular weight is 335 g/mol. The lowest BCUT2D eigenvalue weighted by Crippen LogP contribution is -2.18. The molecular weight excluding hydrogens is 327 g/mol. The fourth-order valence-corrected chi connectivity index (χ4v) is 3.19. The zero-order valence-corrected chi connectivity index (χ0v) is 12.2. The maximum Gasteiger partial charge on any atom is 0.267 e. The lowest BCUT2D eigenvalue weighted by molar-refractivity contribution is 0.103. The van der Waals surface area contributed by atoms with E-state index in [-0.39, 0.29) is 20.5 Å². The summed E-state index contributed by atoms with van der Waals surface area (Å²) in [5.41, 5.74) is -0.234. The number of nitrogens with two attached hydrogens (primary N) is 1. The van der Waals surface area contributed by atoms with Gasteiger partial charge in [0, 0.05) is 0 Å². The van der Waals surface area contributed by atoms with Crippen LogP contribution in [-0.2, 0) is 10.0 Å². The number of hydrogen-bond donors (Lipinski definition) is 2. The summed E-state index contributed by atoms with van der Waals surface area (Å²) >= 11 is 6.87. The number of sulfonamides is 1. The molecule has 0 saturated heterocycles. The molecule has 1 aromatic carbocycles. The molecule has 9 heteroatoms. The highest BCUT2D eigenvalue weighted by molar-refractivity contribution is 7.89. The van der Waals surface area contributed by atoms with Gasteiger partial charge in [-0.25, -0.2) is 17.9 Å². The molecule has 0 atom stereocenters. The van der Waals surface area contributed by atoms with Crippen molar-refractivity contribution >= 4 is 44.6 Å². The smallest absolute Gasteiger partial charge is 0.267 e. The summed E-state index contributed by atoms with van der Waals surface area (Å²) in [5.74, 6) is -1.34. The number of carbonyl (C=O) groups is 1. The van der Waals surface area contributed by atoms with E-state index >= 15 is 0 Å². The molecule has 3 N–H and O–H groups in total. The zero-order chi connectivity index (χ0) is 14.9. The maximum atomic E-state index is 13.2. The highest BCUT2D eigenvalue weighted by Crippen LogP contribution is 2.26. The Morgan fingerprint density at radius 3 is 2.60 bits per heavy atom. The molecule has 2 rings (SSSR count). The van der Waals surface area contributed by atoms with E-state index in [0.29, 0.717) is 0 Å². The molecule has 1 aromatic heterocycles. The van der Waals surface area contributed by atoms with Crippen molar-refractivity contribution in [2.45, 2.75) is 4.90 Å². The number of anilines is 1. The number of halogens is 2. The van der Waals surface area contributed by atoms with Crippen molar-refractivity contribution in [3.05, 3.63) is 45.4 Å². The predicted octanol–water partition coefficient (Wildman–Crippen LogP) is 2.44. The number of amides is 1. The van der Waals surface area contributed by atoms with Gasteiger partial charge in [0.15, 0.2) is 0 Å². The summed E-state index contributed by atoms with van der Waals surface area (Å²) in [5, 5.41) is 9.12. The van der Waals surface area contributed by atoms with Crippen molar-refractivity contribution in [1.82, 2.24) is 0 Å². The number of carbonyl (C=O) groups excluding carboxylic acids is 1. The van der Waals surface area contributed by atoms with Crippen molar-refractivity contribution in [2.24, 2.45) is 5.14 Å². The Balaban J connectivity index is 2.41. The van der Waals surface area contributed by atoms with E-state index in [0.717, 1.165) is 29.5 Å². The Morgan fingerprint density at radius 1 is 1.35 bits per heavy atom. The van der Waals surface area contributed by atoms with Crippen LogP contribution in [0.4, 0.5) is 10.1 Å². The highest BCUT2D eigenvalue weighted by atomic mass is 35.5. The molecule has 0 unspecified atom stereocenters. The molecule has 0 radical (unpaired) electrons. The van der Waals surface area contributed by atoms with Crippen LogP contribution in [0.5, 0.6) is 0 Å². The SMILES string of the molecule is NS(=O)(=O)c1ccc(F)cc1NC(=O)c1sccc1Cl. The second kappa shape index (κ2) is 5.49. The van der Waals surface area contributed by atoms with Crippen LogP contribution in [-0.4, -0.2) is 14.3 Å². The molecular formula is C11H8ClFN2O3S2. The Morgan fingerprint density at radius 2 is 2.05 bits per heavy atom. The van der Waals surface area contributed by atoms with Gasteiger partial charge in [0.25, 0.3) is 5.91 Å². The van der Waals surface area contributed by atoms with Gasteiger partial charge < -0.3 is 5.32 Å². The second-order valence-corrected chi connectivity index (χ2v) is 6.59. The van der Waals surface area contributed by atoms with Crippen molar-refractivity contribution in [3.63, 3.8) is 0 Å². The van der Waals surface area contributed by atoms with Crippen LogP contribution in [0.1, 0.15) is 9.67 Å². The molecule has 0 aliphatic rings. The third-order valence-corrected chi connectivity index (χ3v) is 4.63. The minimum absolute atomic E-state index is 0.191. The minimum Gasteiger partial charge on any atom is -0.320 e. The van der Waals surface area contributed by atoms with Gasteiger partial charge in [-0.3, -0.25) is 4.79 Å². The number of benzene rings is 1. The fraction of sp³-hybridized carbons (Fsp3) is 0. The fourth-order valence-electron chi connectivity index (χ4n) is 1.48. The van der Waals surface area contributed by atoms with E-state index in [1.54, 1.807) is 5.38 Å². The van der Waals surface area contributed by atoms with E-state index in [4.69, 9.17) is 16.7 Å². The maximum absolute atomic E-state index is 13.2. The molecule has 1 heterocycles. The first-order valence-corrected chi connectivity index (χ1v) is 7.96. The summed E-state index contributed by atoms with van der Waals surface area (Å²) in [6.07, 6.45) is 0. The molecule has 0 saturated carbocycles. The second-order valence-electron chi connectivity index (χ2n) is 3.74. The van der Waals surface area contributed by atoms with Gasteiger partial charge >= 0.3 is 0 Å². The van der Waals surface area contributed by atoms with Gasteiger partial charge in [-0.15, -0.1) is 11.3 Å². The third kappa shape index (κ3) is 3.15. The number of rotatable bonds is 3. The summed E-state index contributed by atoms with van der Waals surface area (Å²) in [6.45, 7) is 0. The Hall–Kier alpha value is -1.48. The molecule has 2 aromatic rings. The normalized spacial score (nSPS) is 11.3. The van der Waals surface area contributed by atoms with E-state index in [9.17, 15) is 17.6 Å². The molecule has 0 bridgehead atoms. The summed E-state index contributed by atoms with van der Waals surface area (Å²) in [7, 11) is -4.09. The highest BCUT2D eigenvalue weighted by Gasteiger charge is 2.19. The summed E-state index contributed by atoms with van der Waals surface area (Å²) < 4.78 is 36.0. The van der Waals surface area contributed by atoms with Crippen molar-refractivity contribution < 1.29 is 17.6 Å². The monoisotopic (exact) mass is 334 g/mol. The van der Waals surface area contributed by atoms with Crippen LogP contribution < -0.4 is 10.5 Å². The van der Waals surface area contributed by atoms with E-state index in [1.165, 1.54) is 6.07 Å². The number of nitrogens with one attached hydrogen (secondary N) is 1. The minimum atomic E-state index is -4.09. The van der Waals surface area contributed by atoms with Crippen LogP contribution in [0.3, 0.4) is 0 Å². The van der Waals surface area contributed by atoms with E-state index in [1.807, 2.05) is 0 Å². The molecule has 0 aliphatic heterocycles. The van der Waals surface area contributed by atoms with Crippen LogP contribution in [0, 0.1) is 5.82 Å². The van der Waals surface area contributed by atoms with Gasteiger partial charge in [-0.05, 0) is 29.6 Å². The first-order chi connectivity index (χ1) is 9.29. The van der Waals surface area contributed by atoms with Crippen LogP contribution in [0.25, 0.3) is 0 Å².